The third-order valence-electron chi connectivity index (χ3n) is 6.18. The minimum Gasteiger partial charge on any atom is -0.478 e. The molecule has 0 aliphatic carbocycles. The second-order valence-corrected chi connectivity index (χ2v) is 8.61. The van der Waals surface area contributed by atoms with Crippen LogP contribution in [0.2, 0.25) is 0 Å². The molecule has 0 bridgehead atoms. The number of fused-ring (bicyclic) bond motifs is 1. The molecule has 0 radical (unpaired) electrons. The first-order valence-corrected chi connectivity index (χ1v) is 12.1. The maximum absolute atomic E-state index is 10.9. The lowest BCUT2D eigenvalue weighted by Gasteiger charge is -2.17. The van der Waals surface area contributed by atoms with Crippen molar-refractivity contribution in [1.29, 1.82) is 0 Å². The lowest BCUT2D eigenvalue weighted by molar-refractivity contribution is -0.131. The summed E-state index contributed by atoms with van der Waals surface area (Å²) >= 11 is 0. The molecule has 1 aromatic heterocycles. The molecule has 0 aliphatic rings. The number of carbonyl (C=O) groups is 1. The highest BCUT2D eigenvalue weighted by Crippen LogP contribution is 2.36. The van der Waals surface area contributed by atoms with Crippen molar-refractivity contribution in [1.82, 2.24) is 10.2 Å². The molecule has 182 valence electrons. The van der Waals surface area contributed by atoms with Gasteiger partial charge in [0.1, 0.15) is 11.5 Å². The van der Waals surface area contributed by atoms with Crippen LogP contribution in [-0.2, 0) is 4.79 Å². The van der Waals surface area contributed by atoms with Gasteiger partial charge in [-0.2, -0.15) is 5.10 Å². The number of hydrogen-bond acceptors (Lipinski definition) is 3. The van der Waals surface area contributed by atoms with Crippen molar-refractivity contribution in [2.75, 3.05) is 0 Å². The van der Waals surface area contributed by atoms with Crippen molar-refractivity contribution in [3.05, 3.63) is 132 Å². The van der Waals surface area contributed by atoms with Gasteiger partial charge in [0.05, 0.1) is 11.7 Å². The molecule has 4 aromatic carbocycles. The van der Waals surface area contributed by atoms with Gasteiger partial charge in [-0.1, -0.05) is 67.6 Å². The van der Waals surface area contributed by atoms with Crippen LogP contribution in [0.4, 0.5) is 0 Å². The van der Waals surface area contributed by atoms with Gasteiger partial charge in [-0.3, -0.25) is 5.10 Å². The Bertz CT molecular complexity index is 1580. The molecule has 0 fully saturated rings. The van der Waals surface area contributed by atoms with E-state index < -0.39 is 5.97 Å². The van der Waals surface area contributed by atoms with E-state index in [1.54, 1.807) is 6.08 Å². The third-order valence-corrected chi connectivity index (χ3v) is 6.18. The number of para-hydroxylation sites is 1. The molecule has 1 heterocycles. The van der Waals surface area contributed by atoms with E-state index in [4.69, 9.17) is 9.84 Å². The summed E-state index contributed by atoms with van der Waals surface area (Å²) in [4.78, 5) is 10.9. The predicted molar refractivity (Wildman–Crippen MR) is 148 cm³/mol. The van der Waals surface area contributed by atoms with Crippen LogP contribution in [0.1, 0.15) is 35.6 Å². The lowest BCUT2D eigenvalue weighted by Crippen LogP contribution is -1.96. The van der Waals surface area contributed by atoms with Crippen molar-refractivity contribution in [3.63, 3.8) is 0 Å². The molecule has 0 amide bonds. The van der Waals surface area contributed by atoms with Gasteiger partial charge in [-0.15, -0.1) is 0 Å². The molecule has 5 aromatic rings. The van der Waals surface area contributed by atoms with Gasteiger partial charge in [0.2, 0.25) is 0 Å². The number of nitrogens with one attached hydrogen (secondary N) is 1. The smallest absolute Gasteiger partial charge is 0.328 e. The number of carboxylic acids is 1. The summed E-state index contributed by atoms with van der Waals surface area (Å²) in [5, 5.41) is 17.2. The fourth-order valence-corrected chi connectivity index (χ4v) is 4.42. The zero-order valence-electron chi connectivity index (χ0n) is 20.4. The topological polar surface area (TPSA) is 75.2 Å². The van der Waals surface area contributed by atoms with Gasteiger partial charge in [-0.25, -0.2) is 4.79 Å². The van der Waals surface area contributed by atoms with Gasteiger partial charge in [0.15, 0.2) is 0 Å². The molecule has 0 unspecified atom stereocenters. The first-order chi connectivity index (χ1) is 18.1. The number of allylic oxidation sites excluding steroid dienone is 1. The number of ether oxygens (including phenoxy) is 1. The van der Waals surface area contributed by atoms with Crippen LogP contribution < -0.4 is 4.74 Å². The highest BCUT2D eigenvalue weighted by atomic mass is 16.5. The molecule has 37 heavy (non-hydrogen) atoms. The molecule has 0 saturated heterocycles. The summed E-state index contributed by atoms with van der Waals surface area (Å²) in [7, 11) is 0. The number of H-pyrrole nitrogens is 1. The van der Waals surface area contributed by atoms with E-state index in [-0.39, 0.29) is 0 Å². The number of aromatic amines is 1. The predicted octanol–water partition coefficient (Wildman–Crippen LogP) is 7.82. The number of hydrogen-bond donors (Lipinski definition) is 2. The van der Waals surface area contributed by atoms with Crippen LogP contribution in [0.25, 0.3) is 28.1 Å². The van der Waals surface area contributed by atoms with E-state index >= 15 is 0 Å². The van der Waals surface area contributed by atoms with Crippen molar-refractivity contribution >= 4 is 34.1 Å². The van der Waals surface area contributed by atoms with E-state index in [0.717, 1.165) is 62.7 Å². The SMILES string of the molecule is CCC(=C(c1ccc(C=CC(=O)O)cc1)c1ccc2[nH]ncc2c1)c1ccc(Oc2ccccc2)cc1. The van der Waals surface area contributed by atoms with Crippen molar-refractivity contribution in [2.45, 2.75) is 13.3 Å². The second kappa shape index (κ2) is 10.8. The Morgan fingerprint density at radius 2 is 1.54 bits per heavy atom. The summed E-state index contributed by atoms with van der Waals surface area (Å²) in [6.45, 7) is 2.16. The number of aliphatic carboxylic acids is 1. The fourth-order valence-electron chi connectivity index (χ4n) is 4.42. The molecule has 5 nitrogen and oxygen atoms in total. The summed E-state index contributed by atoms with van der Waals surface area (Å²) in [5.74, 6) is 0.611. The number of carboxylic acid groups (broad SMARTS) is 1. The minimum absolute atomic E-state index is 0.779. The van der Waals surface area contributed by atoms with E-state index in [0.29, 0.717) is 0 Å². The summed E-state index contributed by atoms with van der Waals surface area (Å²) < 4.78 is 5.99. The summed E-state index contributed by atoms with van der Waals surface area (Å²) in [5.41, 5.74) is 7.38. The zero-order valence-corrected chi connectivity index (χ0v) is 20.4. The number of nitrogens with zero attached hydrogens (tertiary/aromatic N) is 1. The Kier molecular flexibility index (Phi) is 6.95. The van der Waals surface area contributed by atoms with Crippen LogP contribution in [0, 0.1) is 0 Å². The van der Waals surface area contributed by atoms with Gasteiger partial charge >= 0.3 is 5.97 Å². The molecular weight excluding hydrogens is 460 g/mol. The monoisotopic (exact) mass is 486 g/mol. The van der Waals surface area contributed by atoms with E-state index in [1.807, 2.05) is 79.0 Å². The molecule has 5 rings (SSSR count). The normalized spacial score (nSPS) is 12.0. The lowest BCUT2D eigenvalue weighted by atomic mass is 9.87. The molecule has 2 N–H and O–H groups in total. The number of benzene rings is 4. The molecule has 0 saturated carbocycles. The second-order valence-electron chi connectivity index (χ2n) is 8.61. The Morgan fingerprint density at radius 1 is 0.865 bits per heavy atom. The van der Waals surface area contributed by atoms with Crippen LogP contribution in [0.15, 0.2) is 109 Å². The highest BCUT2D eigenvalue weighted by Gasteiger charge is 2.14. The standard InChI is InChI=1S/C32H26N2O3/c1-2-29(23-13-16-28(17-14-23)37-27-6-4-3-5-7-27)32(25-15-18-30-26(20-25)21-33-34-30)24-11-8-22(9-12-24)10-19-31(35)36/h3-21H,2H2,1H3,(H,33,34)(H,35,36). The Labute approximate surface area is 215 Å². The third kappa shape index (κ3) is 5.52. The maximum Gasteiger partial charge on any atom is 0.328 e. The molecule has 5 heteroatoms. The van der Waals surface area contributed by atoms with Crippen LogP contribution >= 0.6 is 0 Å². The molecule has 0 aliphatic heterocycles. The van der Waals surface area contributed by atoms with Gasteiger partial charge < -0.3 is 9.84 Å². The quantitative estimate of drug-likeness (QED) is 0.173. The Hall–Kier alpha value is -4.90. The first-order valence-electron chi connectivity index (χ1n) is 12.1. The maximum atomic E-state index is 10.9. The van der Waals surface area contributed by atoms with Gasteiger partial charge in [0, 0.05) is 11.5 Å². The summed E-state index contributed by atoms with van der Waals surface area (Å²) in [6.07, 6.45) is 5.39. The summed E-state index contributed by atoms with van der Waals surface area (Å²) in [6, 6.07) is 32.2. The van der Waals surface area contributed by atoms with Crippen molar-refractivity contribution in [3.8, 4) is 11.5 Å². The molecule has 0 atom stereocenters. The van der Waals surface area contributed by atoms with Crippen molar-refractivity contribution < 1.29 is 14.6 Å². The first kappa shape index (κ1) is 23.8. The van der Waals surface area contributed by atoms with E-state index in [2.05, 4.69) is 41.4 Å². The highest BCUT2D eigenvalue weighted by molar-refractivity contribution is 6.00. The van der Waals surface area contributed by atoms with E-state index in [9.17, 15) is 4.79 Å². The minimum atomic E-state index is -0.967. The molecule has 0 spiro atoms. The zero-order chi connectivity index (χ0) is 25.6. The number of aromatic nitrogens is 2. The van der Waals surface area contributed by atoms with Crippen molar-refractivity contribution in [2.24, 2.45) is 0 Å². The average molecular weight is 487 g/mol. The van der Waals surface area contributed by atoms with Crippen LogP contribution in [0.3, 0.4) is 0 Å². The average Bonchev–Trinajstić information content (AvgIpc) is 3.40. The van der Waals surface area contributed by atoms with Gasteiger partial charge in [-0.05, 0) is 82.3 Å². The fraction of sp³-hybridized carbons (Fsp3) is 0.0625. The van der Waals surface area contributed by atoms with Gasteiger partial charge in [0.25, 0.3) is 0 Å². The Balaban J connectivity index is 1.58. The largest absolute Gasteiger partial charge is 0.478 e. The van der Waals surface area contributed by atoms with Crippen LogP contribution in [-0.4, -0.2) is 21.3 Å². The van der Waals surface area contributed by atoms with Crippen LogP contribution in [0.5, 0.6) is 11.5 Å². The van der Waals surface area contributed by atoms with E-state index in [1.165, 1.54) is 5.57 Å². The Morgan fingerprint density at radius 3 is 2.24 bits per heavy atom. The molecular formula is C32H26N2O3. The number of rotatable bonds is 8.